The Labute approximate surface area is 187 Å². The summed E-state index contributed by atoms with van der Waals surface area (Å²) in [6.45, 7) is 0. The van der Waals surface area contributed by atoms with Gasteiger partial charge in [0.2, 0.25) is 11.8 Å². The van der Waals surface area contributed by atoms with Crippen LogP contribution in [0, 0.1) is 10.1 Å². The van der Waals surface area contributed by atoms with E-state index in [1.54, 1.807) is 43.0 Å². The van der Waals surface area contributed by atoms with Gasteiger partial charge in [-0.2, -0.15) is 0 Å². The van der Waals surface area contributed by atoms with Crippen molar-refractivity contribution < 1.29 is 19.2 Å². The summed E-state index contributed by atoms with van der Waals surface area (Å²) in [7, 11) is 3.28. The molecule has 12 heteroatoms. The maximum absolute atomic E-state index is 12.3. The number of anilines is 2. The van der Waals surface area contributed by atoms with Gasteiger partial charge in [-0.3, -0.25) is 19.7 Å². The van der Waals surface area contributed by atoms with Crippen molar-refractivity contribution >= 4 is 40.6 Å². The number of carbonyl (C=O) groups is 2. The zero-order chi connectivity index (χ0) is 23.1. The number of methoxy groups -OCH3 is 1. The van der Waals surface area contributed by atoms with Crippen LogP contribution in [-0.2, 0) is 23.1 Å². The number of nitro groups is 1. The van der Waals surface area contributed by atoms with E-state index < -0.39 is 4.92 Å². The number of thioether (sulfide) groups is 1. The summed E-state index contributed by atoms with van der Waals surface area (Å²) < 4.78 is 6.74. The number of aromatic nitrogens is 3. The van der Waals surface area contributed by atoms with Crippen LogP contribution in [-0.4, -0.2) is 44.4 Å². The van der Waals surface area contributed by atoms with Crippen molar-refractivity contribution in [3.63, 3.8) is 0 Å². The average molecular weight is 456 g/mol. The number of nitrogens with zero attached hydrogens (tertiary/aromatic N) is 4. The Balaban J connectivity index is 1.50. The molecule has 0 radical (unpaired) electrons. The first-order valence-corrected chi connectivity index (χ1v) is 10.3. The molecule has 3 aromatic rings. The van der Waals surface area contributed by atoms with Gasteiger partial charge in [-0.25, -0.2) is 0 Å². The number of nitro benzene ring substituents is 1. The Bertz CT molecular complexity index is 1110. The van der Waals surface area contributed by atoms with E-state index in [1.807, 2.05) is 0 Å². The van der Waals surface area contributed by atoms with Gasteiger partial charge >= 0.3 is 0 Å². The maximum atomic E-state index is 12.3. The van der Waals surface area contributed by atoms with E-state index in [2.05, 4.69) is 20.8 Å². The van der Waals surface area contributed by atoms with Crippen molar-refractivity contribution in [1.29, 1.82) is 0 Å². The van der Waals surface area contributed by atoms with Crippen molar-refractivity contribution in [3.05, 3.63) is 64.5 Å². The van der Waals surface area contributed by atoms with Gasteiger partial charge in [-0.15, -0.1) is 10.2 Å². The fraction of sp³-hybridized carbons (Fsp3) is 0.200. The molecule has 2 N–H and O–H groups in total. The molecular formula is C20H20N6O5S. The van der Waals surface area contributed by atoms with Crippen molar-refractivity contribution in [2.45, 2.75) is 11.6 Å². The predicted molar refractivity (Wildman–Crippen MR) is 119 cm³/mol. The molecule has 166 valence electrons. The van der Waals surface area contributed by atoms with Gasteiger partial charge in [0.25, 0.3) is 5.69 Å². The Morgan fingerprint density at radius 2 is 1.62 bits per heavy atom. The number of rotatable bonds is 9. The van der Waals surface area contributed by atoms with E-state index in [0.29, 0.717) is 28.1 Å². The normalized spacial score (nSPS) is 10.4. The van der Waals surface area contributed by atoms with Crippen molar-refractivity contribution in [1.82, 2.24) is 14.8 Å². The Hall–Kier alpha value is -3.93. The Morgan fingerprint density at radius 3 is 2.22 bits per heavy atom. The fourth-order valence-corrected chi connectivity index (χ4v) is 3.37. The highest BCUT2D eigenvalue weighted by molar-refractivity contribution is 7.99. The number of ether oxygens (including phenoxy) is 1. The number of nitrogens with one attached hydrogen (secondary N) is 2. The quantitative estimate of drug-likeness (QED) is 0.284. The minimum Gasteiger partial charge on any atom is -0.497 e. The topological polar surface area (TPSA) is 141 Å². The molecule has 32 heavy (non-hydrogen) atoms. The molecule has 0 saturated carbocycles. The summed E-state index contributed by atoms with van der Waals surface area (Å²) >= 11 is 1.16. The standard InChI is InChI=1S/C20H20N6O5S/c1-25-17(11-18(27)21-14-5-9-16(31-2)10-6-14)23-24-20(25)32-12-19(28)22-13-3-7-15(8-4-13)26(29)30/h3-10H,11-12H2,1-2H3,(H,21,27)(H,22,28). The van der Waals surface area contributed by atoms with Crippen LogP contribution in [0.2, 0.25) is 0 Å². The van der Waals surface area contributed by atoms with Gasteiger partial charge in [0.1, 0.15) is 11.6 Å². The number of hydrogen-bond donors (Lipinski definition) is 2. The lowest BCUT2D eigenvalue weighted by Crippen LogP contribution is -2.17. The zero-order valence-electron chi connectivity index (χ0n) is 17.3. The maximum Gasteiger partial charge on any atom is 0.269 e. The number of non-ortho nitro benzene ring substituents is 1. The Kier molecular flexibility index (Phi) is 7.39. The highest BCUT2D eigenvalue weighted by Gasteiger charge is 2.15. The third-order valence-corrected chi connectivity index (χ3v) is 5.33. The molecule has 3 rings (SSSR count). The molecule has 0 aliphatic carbocycles. The summed E-state index contributed by atoms with van der Waals surface area (Å²) in [5.74, 6) is 0.648. The van der Waals surface area contributed by atoms with Gasteiger partial charge < -0.3 is 19.9 Å². The Morgan fingerprint density at radius 1 is 1.03 bits per heavy atom. The van der Waals surface area contributed by atoms with Crippen LogP contribution in [0.15, 0.2) is 53.7 Å². The lowest BCUT2D eigenvalue weighted by molar-refractivity contribution is -0.384. The first kappa shape index (κ1) is 22.7. The third-order valence-electron chi connectivity index (χ3n) is 4.31. The van der Waals surface area contributed by atoms with Gasteiger partial charge in [-0.1, -0.05) is 11.8 Å². The van der Waals surface area contributed by atoms with Gasteiger partial charge in [0.05, 0.1) is 24.2 Å². The van der Waals surface area contributed by atoms with Gasteiger partial charge in [-0.05, 0) is 36.4 Å². The van der Waals surface area contributed by atoms with Crippen LogP contribution in [0.5, 0.6) is 5.75 Å². The summed E-state index contributed by atoms with van der Waals surface area (Å²) in [6, 6.07) is 12.5. The molecule has 1 aromatic heterocycles. The van der Waals surface area contributed by atoms with Crippen molar-refractivity contribution in [2.24, 2.45) is 7.05 Å². The molecule has 0 bridgehead atoms. The minimum atomic E-state index is -0.510. The third kappa shape index (κ3) is 6.04. The lowest BCUT2D eigenvalue weighted by atomic mass is 10.3. The van der Waals surface area contributed by atoms with Crippen LogP contribution in [0.4, 0.5) is 17.1 Å². The van der Waals surface area contributed by atoms with Crippen LogP contribution < -0.4 is 15.4 Å². The SMILES string of the molecule is COc1ccc(NC(=O)Cc2nnc(SCC(=O)Nc3ccc([N+](=O)[O-])cc3)n2C)cc1. The average Bonchev–Trinajstić information content (AvgIpc) is 3.12. The van der Waals surface area contributed by atoms with Gasteiger partial charge in [0.15, 0.2) is 5.16 Å². The predicted octanol–water partition coefficient (Wildman–Crippen LogP) is 2.64. The molecule has 2 aromatic carbocycles. The first-order chi connectivity index (χ1) is 15.4. The van der Waals surface area contributed by atoms with Crippen LogP contribution >= 0.6 is 11.8 Å². The van der Waals surface area contributed by atoms with E-state index in [4.69, 9.17) is 4.74 Å². The second-order valence-corrected chi connectivity index (χ2v) is 7.49. The van der Waals surface area contributed by atoms with E-state index >= 15 is 0 Å². The molecule has 0 fully saturated rings. The smallest absolute Gasteiger partial charge is 0.269 e. The van der Waals surface area contributed by atoms with E-state index in [-0.39, 0.29) is 29.7 Å². The van der Waals surface area contributed by atoms with Crippen LogP contribution in [0.1, 0.15) is 5.82 Å². The van der Waals surface area contributed by atoms with E-state index in [0.717, 1.165) is 11.8 Å². The number of benzene rings is 2. The largest absolute Gasteiger partial charge is 0.497 e. The zero-order valence-corrected chi connectivity index (χ0v) is 18.1. The monoisotopic (exact) mass is 456 g/mol. The second kappa shape index (κ2) is 10.4. The fourth-order valence-electron chi connectivity index (χ4n) is 2.64. The van der Waals surface area contributed by atoms with Crippen LogP contribution in [0.3, 0.4) is 0 Å². The molecule has 0 spiro atoms. The number of hydrogen-bond acceptors (Lipinski definition) is 8. The first-order valence-electron chi connectivity index (χ1n) is 9.35. The summed E-state index contributed by atoms with van der Waals surface area (Å²) in [6.07, 6.45) is 0.0189. The highest BCUT2D eigenvalue weighted by atomic mass is 32.2. The second-order valence-electron chi connectivity index (χ2n) is 6.55. The van der Waals surface area contributed by atoms with Crippen LogP contribution in [0.25, 0.3) is 0 Å². The molecule has 0 atom stereocenters. The summed E-state index contributed by atoms with van der Waals surface area (Å²) in [4.78, 5) is 34.6. The molecule has 0 aliphatic heterocycles. The van der Waals surface area contributed by atoms with Gasteiger partial charge in [0, 0.05) is 30.6 Å². The molecule has 2 amide bonds. The van der Waals surface area contributed by atoms with Crippen molar-refractivity contribution in [2.75, 3.05) is 23.5 Å². The molecule has 0 aliphatic rings. The summed E-state index contributed by atoms with van der Waals surface area (Å²) in [5.41, 5.74) is 1.03. The lowest BCUT2D eigenvalue weighted by Gasteiger charge is -2.07. The molecular weight excluding hydrogens is 436 g/mol. The molecule has 11 nitrogen and oxygen atoms in total. The van der Waals surface area contributed by atoms with Crippen molar-refractivity contribution in [3.8, 4) is 5.75 Å². The summed E-state index contributed by atoms with van der Waals surface area (Å²) in [5, 5.41) is 24.7. The minimum absolute atomic E-state index is 0.0189. The molecule has 1 heterocycles. The number of amides is 2. The highest BCUT2D eigenvalue weighted by Crippen LogP contribution is 2.19. The number of carbonyl (C=O) groups excluding carboxylic acids is 2. The van der Waals surface area contributed by atoms with E-state index in [9.17, 15) is 19.7 Å². The molecule has 0 unspecified atom stereocenters. The molecule has 0 saturated heterocycles. The van der Waals surface area contributed by atoms with E-state index in [1.165, 1.54) is 24.3 Å².